The van der Waals surface area contributed by atoms with E-state index in [0.717, 1.165) is 68.9 Å². The van der Waals surface area contributed by atoms with Crippen molar-refractivity contribution in [2.45, 2.75) is 51.0 Å². The molecule has 0 spiro atoms. The molecule has 0 atom stereocenters. The molecule has 5 rings (SSSR count). The predicted octanol–water partition coefficient (Wildman–Crippen LogP) is 4.78. The number of pyridine rings is 1. The standard InChI is InChI=1S/C29H33N5O2/c1-21-3-5-26(22(2)17-21)34-12-9-23(19-34)28(35)32-24-4-6-27(31-18-24)29(20-30)10-7-25(8-11-29)33-13-15-36-16-14-33/h3-6,9,12,17-19,25H,7-8,10-11,13-16H2,1-2H3,(H,32,35). The molecule has 36 heavy (non-hydrogen) atoms. The second kappa shape index (κ2) is 10.3. The highest BCUT2D eigenvalue weighted by atomic mass is 16.5. The van der Waals surface area contributed by atoms with Crippen LogP contribution in [0.5, 0.6) is 0 Å². The molecular weight excluding hydrogens is 450 g/mol. The Hall–Kier alpha value is -3.47. The third-order valence-corrected chi connectivity index (χ3v) is 7.68. The second-order valence-corrected chi connectivity index (χ2v) is 10.1. The molecule has 1 aliphatic carbocycles. The average molecular weight is 484 g/mol. The topological polar surface area (TPSA) is 83.2 Å². The largest absolute Gasteiger partial charge is 0.379 e. The number of hydrogen-bond acceptors (Lipinski definition) is 5. The van der Waals surface area contributed by atoms with Crippen LogP contribution in [0.25, 0.3) is 5.69 Å². The molecule has 186 valence electrons. The first-order valence-electron chi connectivity index (χ1n) is 12.7. The van der Waals surface area contributed by atoms with E-state index >= 15 is 0 Å². The minimum Gasteiger partial charge on any atom is -0.379 e. The number of aromatic nitrogens is 2. The van der Waals surface area contributed by atoms with Crippen molar-refractivity contribution in [3.8, 4) is 11.8 Å². The summed E-state index contributed by atoms with van der Waals surface area (Å²) in [5.41, 5.74) is 4.85. The molecule has 1 saturated heterocycles. The van der Waals surface area contributed by atoms with E-state index in [4.69, 9.17) is 4.74 Å². The van der Waals surface area contributed by atoms with Crippen LogP contribution < -0.4 is 5.32 Å². The van der Waals surface area contributed by atoms with E-state index in [1.165, 1.54) is 5.56 Å². The number of anilines is 1. The number of nitrogens with zero attached hydrogens (tertiary/aromatic N) is 4. The Morgan fingerprint density at radius 2 is 1.92 bits per heavy atom. The van der Waals surface area contributed by atoms with Crippen LogP contribution in [0.1, 0.15) is 52.9 Å². The van der Waals surface area contributed by atoms with Gasteiger partial charge < -0.3 is 14.6 Å². The van der Waals surface area contributed by atoms with E-state index in [0.29, 0.717) is 17.3 Å². The van der Waals surface area contributed by atoms with E-state index in [1.54, 1.807) is 6.20 Å². The van der Waals surface area contributed by atoms with Crippen molar-refractivity contribution in [3.05, 3.63) is 77.4 Å². The molecule has 3 heterocycles. The quantitative estimate of drug-likeness (QED) is 0.565. The normalized spacial score (nSPS) is 22.6. The first-order chi connectivity index (χ1) is 17.5. The van der Waals surface area contributed by atoms with Gasteiger partial charge in [0.25, 0.3) is 5.91 Å². The summed E-state index contributed by atoms with van der Waals surface area (Å²) in [5, 5.41) is 13.0. The summed E-state index contributed by atoms with van der Waals surface area (Å²) in [6, 6.07) is 14.9. The number of nitrogens with one attached hydrogen (secondary N) is 1. The van der Waals surface area contributed by atoms with E-state index in [2.05, 4.69) is 53.3 Å². The van der Waals surface area contributed by atoms with Crippen molar-refractivity contribution < 1.29 is 9.53 Å². The Bertz CT molecular complexity index is 1260. The Labute approximate surface area is 212 Å². The lowest BCUT2D eigenvalue weighted by molar-refractivity contribution is 0.00493. The van der Waals surface area contributed by atoms with Crippen molar-refractivity contribution in [2.24, 2.45) is 0 Å². The van der Waals surface area contributed by atoms with E-state index in [1.807, 2.05) is 35.2 Å². The molecule has 1 aromatic carbocycles. The maximum absolute atomic E-state index is 12.9. The van der Waals surface area contributed by atoms with Crippen molar-refractivity contribution in [1.82, 2.24) is 14.5 Å². The van der Waals surface area contributed by atoms with Crippen molar-refractivity contribution in [3.63, 3.8) is 0 Å². The summed E-state index contributed by atoms with van der Waals surface area (Å²) in [6.45, 7) is 7.68. The van der Waals surface area contributed by atoms with Gasteiger partial charge in [0, 0.05) is 37.2 Å². The van der Waals surface area contributed by atoms with Crippen LogP contribution in [0.15, 0.2) is 55.0 Å². The number of carbonyl (C=O) groups is 1. The molecular formula is C29H33N5O2. The highest BCUT2D eigenvalue weighted by molar-refractivity contribution is 6.04. The zero-order valence-corrected chi connectivity index (χ0v) is 21.0. The molecule has 1 saturated carbocycles. The third kappa shape index (κ3) is 4.92. The molecule has 3 aromatic rings. The first kappa shape index (κ1) is 24.2. The van der Waals surface area contributed by atoms with Crippen LogP contribution >= 0.6 is 0 Å². The summed E-state index contributed by atoms with van der Waals surface area (Å²) in [5.74, 6) is -0.186. The molecule has 2 aliphatic rings. The van der Waals surface area contributed by atoms with Gasteiger partial charge in [0.15, 0.2) is 0 Å². The molecule has 0 unspecified atom stereocenters. The number of morpholine rings is 1. The number of carbonyl (C=O) groups excluding carboxylic acids is 1. The highest BCUT2D eigenvalue weighted by Crippen LogP contribution is 2.40. The number of aryl methyl sites for hydroxylation is 2. The first-order valence-corrected chi connectivity index (χ1v) is 12.7. The third-order valence-electron chi connectivity index (χ3n) is 7.68. The second-order valence-electron chi connectivity index (χ2n) is 10.1. The van der Waals surface area contributed by atoms with Crippen LogP contribution in [0.4, 0.5) is 5.69 Å². The minimum absolute atomic E-state index is 0.186. The Morgan fingerprint density at radius 1 is 1.14 bits per heavy atom. The number of nitriles is 1. The van der Waals surface area contributed by atoms with E-state index in [9.17, 15) is 10.1 Å². The van der Waals surface area contributed by atoms with Gasteiger partial charge in [0.1, 0.15) is 0 Å². The van der Waals surface area contributed by atoms with Gasteiger partial charge >= 0.3 is 0 Å². The van der Waals surface area contributed by atoms with Crippen LogP contribution in [0.2, 0.25) is 0 Å². The van der Waals surface area contributed by atoms with E-state index < -0.39 is 5.41 Å². The molecule has 2 fully saturated rings. The average Bonchev–Trinajstić information content (AvgIpc) is 3.40. The van der Waals surface area contributed by atoms with Gasteiger partial charge in [-0.25, -0.2) is 0 Å². The molecule has 7 heteroatoms. The SMILES string of the molecule is Cc1ccc(-n2ccc(C(=O)Nc3ccc(C4(C#N)CCC(N5CCOCC5)CC4)nc3)c2)c(C)c1. The highest BCUT2D eigenvalue weighted by Gasteiger charge is 2.40. The fraction of sp³-hybridized carbons (Fsp3) is 0.414. The van der Waals surface area contributed by atoms with Gasteiger partial charge in [-0.3, -0.25) is 14.7 Å². The van der Waals surface area contributed by atoms with Gasteiger partial charge in [-0.2, -0.15) is 5.26 Å². The fourth-order valence-corrected chi connectivity index (χ4v) is 5.56. The number of ether oxygens (including phenoxy) is 1. The molecule has 0 bridgehead atoms. The van der Waals surface area contributed by atoms with Crippen LogP contribution in [-0.4, -0.2) is 52.7 Å². The lowest BCUT2D eigenvalue weighted by Gasteiger charge is -2.41. The van der Waals surface area contributed by atoms with Crippen LogP contribution in [-0.2, 0) is 10.2 Å². The van der Waals surface area contributed by atoms with Crippen LogP contribution in [0, 0.1) is 25.2 Å². The zero-order valence-electron chi connectivity index (χ0n) is 21.0. The molecule has 0 radical (unpaired) electrons. The molecule has 1 aliphatic heterocycles. The number of amides is 1. The maximum atomic E-state index is 12.9. The summed E-state index contributed by atoms with van der Waals surface area (Å²) in [4.78, 5) is 20.0. The van der Waals surface area contributed by atoms with Gasteiger partial charge in [0.05, 0.1) is 47.8 Å². The van der Waals surface area contributed by atoms with Gasteiger partial charge in [-0.05, 0) is 69.4 Å². The number of benzene rings is 1. The fourth-order valence-electron chi connectivity index (χ4n) is 5.56. The molecule has 7 nitrogen and oxygen atoms in total. The molecule has 1 N–H and O–H groups in total. The lowest BCUT2D eigenvalue weighted by Crippen LogP contribution is -2.47. The maximum Gasteiger partial charge on any atom is 0.257 e. The summed E-state index contributed by atoms with van der Waals surface area (Å²) < 4.78 is 7.45. The predicted molar refractivity (Wildman–Crippen MR) is 139 cm³/mol. The summed E-state index contributed by atoms with van der Waals surface area (Å²) in [7, 11) is 0. The Morgan fingerprint density at radius 3 is 2.58 bits per heavy atom. The monoisotopic (exact) mass is 483 g/mol. The summed E-state index contributed by atoms with van der Waals surface area (Å²) >= 11 is 0. The smallest absolute Gasteiger partial charge is 0.257 e. The molecule has 2 aromatic heterocycles. The van der Waals surface area contributed by atoms with Crippen molar-refractivity contribution in [2.75, 3.05) is 31.6 Å². The Balaban J connectivity index is 1.23. The lowest BCUT2D eigenvalue weighted by atomic mass is 9.71. The molecule has 1 amide bonds. The zero-order chi connectivity index (χ0) is 25.1. The van der Waals surface area contributed by atoms with Gasteiger partial charge in [0.2, 0.25) is 0 Å². The minimum atomic E-state index is -0.561. The van der Waals surface area contributed by atoms with Crippen LogP contribution in [0.3, 0.4) is 0 Å². The summed E-state index contributed by atoms with van der Waals surface area (Å²) in [6.07, 6.45) is 8.99. The number of rotatable bonds is 5. The van der Waals surface area contributed by atoms with Gasteiger partial charge in [-0.1, -0.05) is 17.7 Å². The van der Waals surface area contributed by atoms with E-state index in [-0.39, 0.29) is 5.91 Å². The number of hydrogen-bond donors (Lipinski definition) is 1. The Kier molecular flexibility index (Phi) is 6.90. The van der Waals surface area contributed by atoms with Gasteiger partial charge in [-0.15, -0.1) is 0 Å². The van der Waals surface area contributed by atoms with Crippen molar-refractivity contribution in [1.29, 1.82) is 5.26 Å². The van der Waals surface area contributed by atoms with Crippen molar-refractivity contribution >= 4 is 11.6 Å².